The summed E-state index contributed by atoms with van der Waals surface area (Å²) in [6.45, 7) is 6.42. The van der Waals surface area contributed by atoms with E-state index >= 15 is 0 Å². The minimum atomic E-state index is -0.836. The zero-order valence-electron chi connectivity index (χ0n) is 46.5. The van der Waals surface area contributed by atoms with Crippen LogP contribution in [0.25, 0.3) is 0 Å². The number of carbonyl (C=O) groups excluding carboxylic acids is 3. The third-order valence-corrected chi connectivity index (χ3v) is 12.6. The molecule has 71 heavy (non-hydrogen) atoms. The molecule has 1 atom stereocenters. The molecule has 406 valence electrons. The van der Waals surface area contributed by atoms with Crippen LogP contribution in [0.5, 0.6) is 0 Å². The summed E-state index contributed by atoms with van der Waals surface area (Å²) < 4.78 is 16.7. The van der Waals surface area contributed by atoms with Crippen molar-refractivity contribution in [3.05, 3.63) is 97.2 Å². The smallest absolute Gasteiger partial charge is 0.310 e. The molecule has 0 aliphatic rings. The number of hydrogen-bond acceptors (Lipinski definition) is 6. The van der Waals surface area contributed by atoms with E-state index in [1.54, 1.807) is 6.08 Å². The van der Waals surface area contributed by atoms with Gasteiger partial charge in [0.05, 0.1) is 6.42 Å². The minimum Gasteiger partial charge on any atom is -0.462 e. The van der Waals surface area contributed by atoms with Crippen molar-refractivity contribution in [3.63, 3.8) is 0 Å². The van der Waals surface area contributed by atoms with Crippen molar-refractivity contribution >= 4 is 17.9 Å². The fourth-order valence-corrected chi connectivity index (χ4v) is 8.13. The van der Waals surface area contributed by atoms with E-state index in [9.17, 15) is 14.4 Å². The highest BCUT2D eigenvalue weighted by molar-refractivity contribution is 5.72. The second-order valence-electron chi connectivity index (χ2n) is 19.5. The number of rotatable bonds is 53. The molecule has 0 aliphatic heterocycles. The molecule has 1 unspecified atom stereocenters. The van der Waals surface area contributed by atoms with Crippen LogP contribution in [0.2, 0.25) is 0 Å². The molecule has 0 radical (unpaired) electrons. The van der Waals surface area contributed by atoms with Gasteiger partial charge in [0.2, 0.25) is 0 Å². The zero-order valence-corrected chi connectivity index (χ0v) is 46.5. The van der Waals surface area contributed by atoms with Gasteiger partial charge >= 0.3 is 17.9 Å². The molecule has 6 heteroatoms. The van der Waals surface area contributed by atoms with E-state index in [1.165, 1.54) is 148 Å². The second kappa shape index (κ2) is 58.9. The summed E-state index contributed by atoms with van der Waals surface area (Å²) in [6.07, 6.45) is 78.7. The Morgan fingerprint density at radius 1 is 0.310 bits per heavy atom. The highest BCUT2D eigenvalue weighted by Crippen LogP contribution is 2.15. The van der Waals surface area contributed by atoms with Gasteiger partial charge in [0.15, 0.2) is 6.10 Å². The molecule has 0 aliphatic carbocycles. The first-order valence-corrected chi connectivity index (χ1v) is 29.7. The van der Waals surface area contributed by atoms with E-state index in [4.69, 9.17) is 14.2 Å². The molecule has 0 saturated carbocycles. The predicted octanol–water partition coefficient (Wildman–Crippen LogP) is 20.1. The SMILES string of the molecule is CC/C=C\C/C=C\C/C=C\C/C=C\C/C=C\CC(=O)OC(COC(=O)CCCCCCC/C=C\CCCCCC)COC(=O)CCCCCCCCCCCCCCC/C=C\C/C=C\CCCCCCC. The Kier molecular flexibility index (Phi) is 55.9. The number of ether oxygens (including phenoxy) is 3. The van der Waals surface area contributed by atoms with Gasteiger partial charge in [-0.3, -0.25) is 14.4 Å². The predicted molar refractivity (Wildman–Crippen MR) is 307 cm³/mol. The minimum absolute atomic E-state index is 0.0942. The number of hydrogen-bond donors (Lipinski definition) is 0. The van der Waals surface area contributed by atoms with E-state index in [-0.39, 0.29) is 31.6 Å². The van der Waals surface area contributed by atoms with Crippen molar-refractivity contribution < 1.29 is 28.6 Å². The van der Waals surface area contributed by atoms with E-state index in [0.717, 1.165) is 89.9 Å². The van der Waals surface area contributed by atoms with Crippen molar-refractivity contribution in [2.24, 2.45) is 0 Å². The Bertz CT molecular complexity index is 1410. The standard InChI is InChI=1S/C65H110O6/c1-4-7-10-13-16-19-22-25-27-28-29-30-31-32-33-34-35-36-38-40-43-46-49-52-55-58-64(67)70-61-62(60-69-63(66)57-54-51-48-45-42-39-24-21-18-15-12-9-6-3)71-65(68)59-56-53-50-47-44-41-37-26-23-20-17-14-11-8-5-2/h8,11,17,20-22,24-26,28-29,37,44,47,53,56,62H,4-7,9-10,12-16,18-19,23,27,30-36,38-43,45-46,48-52,54-55,57-61H2,1-3H3/b11-8-,20-17-,24-21-,25-22-,29-28-,37-26-,47-44-,56-53-. The summed E-state index contributed by atoms with van der Waals surface area (Å²) in [5.41, 5.74) is 0. The van der Waals surface area contributed by atoms with Crippen LogP contribution in [0, 0.1) is 0 Å². The van der Waals surface area contributed by atoms with Gasteiger partial charge in [-0.15, -0.1) is 0 Å². The number of allylic oxidation sites excluding steroid dienone is 15. The molecular formula is C65H110O6. The molecule has 0 bridgehead atoms. The van der Waals surface area contributed by atoms with Crippen molar-refractivity contribution in [2.45, 2.75) is 284 Å². The third kappa shape index (κ3) is 57.1. The molecule has 0 aromatic carbocycles. The number of unbranched alkanes of at least 4 members (excludes halogenated alkanes) is 27. The third-order valence-electron chi connectivity index (χ3n) is 12.6. The molecule has 0 amide bonds. The van der Waals surface area contributed by atoms with Crippen LogP contribution in [0.1, 0.15) is 278 Å². The van der Waals surface area contributed by atoms with Gasteiger partial charge < -0.3 is 14.2 Å². The van der Waals surface area contributed by atoms with Crippen molar-refractivity contribution in [1.29, 1.82) is 0 Å². The molecule has 0 heterocycles. The van der Waals surface area contributed by atoms with Gasteiger partial charge in [-0.1, -0.05) is 253 Å². The molecule has 0 spiro atoms. The van der Waals surface area contributed by atoms with E-state index in [1.807, 2.05) is 6.08 Å². The fraction of sp³-hybridized carbons (Fsp3) is 0.708. The Labute approximate surface area is 438 Å². The molecule has 0 aromatic rings. The molecule has 0 saturated heterocycles. The van der Waals surface area contributed by atoms with Crippen LogP contribution >= 0.6 is 0 Å². The maximum atomic E-state index is 12.8. The first-order chi connectivity index (χ1) is 35.0. The van der Waals surface area contributed by atoms with Gasteiger partial charge in [0.1, 0.15) is 13.2 Å². The molecule has 0 rings (SSSR count). The van der Waals surface area contributed by atoms with Crippen molar-refractivity contribution in [3.8, 4) is 0 Å². The first kappa shape index (κ1) is 67.3. The largest absolute Gasteiger partial charge is 0.462 e. The average Bonchev–Trinajstić information content (AvgIpc) is 3.37. The second-order valence-corrected chi connectivity index (χ2v) is 19.5. The summed E-state index contributed by atoms with van der Waals surface area (Å²) in [6, 6.07) is 0. The lowest BCUT2D eigenvalue weighted by Gasteiger charge is -2.18. The summed E-state index contributed by atoms with van der Waals surface area (Å²) in [7, 11) is 0. The van der Waals surface area contributed by atoms with Gasteiger partial charge in [0.25, 0.3) is 0 Å². The zero-order chi connectivity index (χ0) is 51.4. The highest BCUT2D eigenvalue weighted by Gasteiger charge is 2.19. The Hall–Kier alpha value is -3.67. The summed E-state index contributed by atoms with van der Waals surface area (Å²) in [4.78, 5) is 38.1. The van der Waals surface area contributed by atoms with Gasteiger partial charge in [-0.05, 0) is 103 Å². The van der Waals surface area contributed by atoms with Gasteiger partial charge in [-0.2, -0.15) is 0 Å². The van der Waals surface area contributed by atoms with Crippen LogP contribution in [0.3, 0.4) is 0 Å². The highest BCUT2D eigenvalue weighted by atomic mass is 16.6. The summed E-state index contributed by atoms with van der Waals surface area (Å²) in [5.74, 6) is -1.06. The Balaban J connectivity index is 4.36. The summed E-state index contributed by atoms with van der Waals surface area (Å²) in [5, 5.41) is 0. The van der Waals surface area contributed by atoms with Crippen LogP contribution in [-0.2, 0) is 28.6 Å². The molecule has 6 nitrogen and oxygen atoms in total. The Morgan fingerprint density at radius 3 is 0.958 bits per heavy atom. The first-order valence-electron chi connectivity index (χ1n) is 29.7. The monoisotopic (exact) mass is 987 g/mol. The van der Waals surface area contributed by atoms with Crippen LogP contribution < -0.4 is 0 Å². The lowest BCUT2D eigenvalue weighted by atomic mass is 10.0. The van der Waals surface area contributed by atoms with Gasteiger partial charge in [-0.25, -0.2) is 0 Å². The normalized spacial score (nSPS) is 12.8. The molecule has 0 fully saturated rings. The van der Waals surface area contributed by atoms with E-state index in [2.05, 4.69) is 106 Å². The Morgan fingerprint density at radius 2 is 0.592 bits per heavy atom. The van der Waals surface area contributed by atoms with Crippen LogP contribution in [0.4, 0.5) is 0 Å². The topological polar surface area (TPSA) is 78.9 Å². The molecule has 0 aromatic heterocycles. The van der Waals surface area contributed by atoms with Crippen molar-refractivity contribution in [1.82, 2.24) is 0 Å². The number of esters is 3. The molecule has 0 N–H and O–H groups in total. The molecular weight excluding hydrogens is 877 g/mol. The number of carbonyl (C=O) groups is 3. The van der Waals surface area contributed by atoms with Gasteiger partial charge in [0, 0.05) is 12.8 Å². The van der Waals surface area contributed by atoms with Crippen molar-refractivity contribution in [2.75, 3.05) is 13.2 Å². The maximum Gasteiger partial charge on any atom is 0.310 e. The fourth-order valence-electron chi connectivity index (χ4n) is 8.13. The quantitative estimate of drug-likeness (QED) is 0.0261. The van der Waals surface area contributed by atoms with Crippen LogP contribution in [0.15, 0.2) is 97.2 Å². The van der Waals surface area contributed by atoms with Crippen LogP contribution in [-0.4, -0.2) is 37.2 Å². The maximum absolute atomic E-state index is 12.8. The lowest BCUT2D eigenvalue weighted by Crippen LogP contribution is -2.30. The summed E-state index contributed by atoms with van der Waals surface area (Å²) >= 11 is 0. The van der Waals surface area contributed by atoms with E-state index in [0.29, 0.717) is 12.8 Å². The average molecular weight is 988 g/mol. The van der Waals surface area contributed by atoms with E-state index < -0.39 is 12.1 Å². The lowest BCUT2D eigenvalue weighted by molar-refractivity contribution is -0.166.